The highest BCUT2D eigenvalue weighted by atomic mass is 32.1. The van der Waals surface area contributed by atoms with Crippen LogP contribution in [0, 0.1) is 10.7 Å². The summed E-state index contributed by atoms with van der Waals surface area (Å²) in [5.41, 5.74) is 1.34. The maximum absolute atomic E-state index is 5.38. The highest BCUT2D eigenvalue weighted by Gasteiger charge is 2.22. The van der Waals surface area contributed by atoms with E-state index in [1.165, 1.54) is 31.7 Å². The number of nitrogens with one attached hydrogen (secondary N) is 1. The summed E-state index contributed by atoms with van der Waals surface area (Å²) in [4.78, 5) is 5.71. The zero-order chi connectivity index (χ0) is 12.4. The van der Waals surface area contributed by atoms with Gasteiger partial charge in [-0.15, -0.1) is 0 Å². The summed E-state index contributed by atoms with van der Waals surface area (Å²) in [6.45, 7) is 11.4. The molecule has 0 bridgehead atoms. The summed E-state index contributed by atoms with van der Waals surface area (Å²) in [5.74, 6) is 1.29. The van der Waals surface area contributed by atoms with Crippen LogP contribution in [-0.2, 0) is 6.54 Å². The molecule has 17 heavy (non-hydrogen) atoms. The van der Waals surface area contributed by atoms with Gasteiger partial charge in [-0.2, -0.15) is 0 Å². The number of H-pyrrole nitrogens is 1. The zero-order valence-electron chi connectivity index (χ0n) is 11.1. The molecular formula is C13H23N3S. The van der Waals surface area contributed by atoms with Crippen molar-refractivity contribution >= 4 is 12.2 Å². The summed E-state index contributed by atoms with van der Waals surface area (Å²) in [6, 6.07) is 0. The quantitative estimate of drug-likeness (QED) is 0.834. The lowest BCUT2D eigenvalue weighted by atomic mass is 10.1. The van der Waals surface area contributed by atoms with E-state index in [1.807, 2.05) is 0 Å². The van der Waals surface area contributed by atoms with Gasteiger partial charge in [-0.1, -0.05) is 20.8 Å². The molecule has 1 aliphatic rings. The van der Waals surface area contributed by atoms with E-state index in [0.717, 1.165) is 17.2 Å². The number of likely N-dealkylation sites (tertiary alicyclic amines) is 1. The summed E-state index contributed by atoms with van der Waals surface area (Å²) < 4.78 is 3.17. The van der Waals surface area contributed by atoms with Crippen LogP contribution in [0.15, 0.2) is 6.20 Å². The second-order valence-electron chi connectivity index (χ2n) is 5.33. The first-order valence-corrected chi connectivity index (χ1v) is 7.03. The van der Waals surface area contributed by atoms with Crippen LogP contribution in [0.25, 0.3) is 0 Å². The Balaban J connectivity index is 2.09. The van der Waals surface area contributed by atoms with Crippen LogP contribution in [0.5, 0.6) is 0 Å². The molecule has 0 aliphatic carbocycles. The topological polar surface area (TPSA) is 24.0 Å². The van der Waals surface area contributed by atoms with Crippen LogP contribution in [0.3, 0.4) is 0 Å². The van der Waals surface area contributed by atoms with Crippen LogP contribution in [0.2, 0.25) is 0 Å². The van der Waals surface area contributed by atoms with Gasteiger partial charge in [0.2, 0.25) is 0 Å². The predicted octanol–water partition coefficient (Wildman–Crippen LogP) is 3.01. The van der Waals surface area contributed by atoms with Gasteiger partial charge in [0.1, 0.15) is 0 Å². The fraction of sp³-hybridized carbons (Fsp3) is 0.769. The third-order valence-electron chi connectivity index (χ3n) is 3.75. The normalized spacial score (nSPS) is 21.5. The van der Waals surface area contributed by atoms with Crippen molar-refractivity contribution in [2.24, 2.45) is 5.92 Å². The number of imidazole rings is 1. The third-order valence-corrected chi connectivity index (χ3v) is 4.09. The molecule has 0 aromatic carbocycles. The third kappa shape index (κ3) is 2.80. The molecule has 1 N–H and O–H groups in total. The van der Waals surface area contributed by atoms with Crippen LogP contribution in [-0.4, -0.2) is 34.1 Å². The van der Waals surface area contributed by atoms with Crippen LogP contribution >= 0.6 is 12.2 Å². The fourth-order valence-corrected chi connectivity index (χ4v) is 2.92. The predicted molar refractivity (Wildman–Crippen MR) is 73.9 cm³/mol. The van der Waals surface area contributed by atoms with Crippen LogP contribution in [0.4, 0.5) is 0 Å². The molecule has 96 valence electrons. The van der Waals surface area contributed by atoms with E-state index in [4.69, 9.17) is 12.2 Å². The molecule has 0 spiro atoms. The fourth-order valence-electron chi connectivity index (χ4n) is 2.68. The van der Waals surface area contributed by atoms with Gasteiger partial charge < -0.3 is 14.5 Å². The van der Waals surface area contributed by atoms with E-state index in [-0.39, 0.29) is 0 Å². The zero-order valence-corrected chi connectivity index (χ0v) is 11.9. The Kier molecular flexibility index (Phi) is 4.05. The molecule has 1 unspecified atom stereocenters. The second kappa shape index (κ2) is 5.36. The molecule has 2 rings (SSSR count). The largest absolute Gasteiger partial charge is 0.337 e. The molecule has 1 fully saturated rings. The maximum Gasteiger partial charge on any atom is 0.177 e. The molecule has 0 saturated carbocycles. The Morgan fingerprint density at radius 1 is 1.53 bits per heavy atom. The average molecular weight is 253 g/mol. The number of hydrogen-bond acceptors (Lipinski definition) is 2. The Hall–Kier alpha value is -0.610. The lowest BCUT2D eigenvalue weighted by molar-refractivity contribution is 0.331. The molecule has 0 amide bonds. The standard InChI is InChI=1S/C13H23N3S/c1-4-15-6-5-11(8-15)9-16-12(10(2)3)7-14-13(16)17/h7,10-11H,4-6,8-9H2,1-3H3,(H,14,17). The Morgan fingerprint density at radius 2 is 2.29 bits per heavy atom. The van der Waals surface area contributed by atoms with Gasteiger partial charge in [-0.3, -0.25) is 0 Å². The number of aromatic nitrogens is 2. The summed E-state index contributed by atoms with van der Waals surface area (Å²) in [7, 11) is 0. The van der Waals surface area contributed by atoms with Gasteiger partial charge in [0.25, 0.3) is 0 Å². The maximum atomic E-state index is 5.38. The highest BCUT2D eigenvalue weighted by Crippen LogP contribution is 2.21. The van der Waals surface area contributed by atoms with Gasteiger partial charge in [-0.25, -0.2) is 0 Å². The Bertz CT molecular complexity index is 419. The molecule has 1 atom stereocenters. The SMILES string of the molecule is CCN1CCC(Cn2c(C(C)C)c[nH]c2=S)C1. The number of aromatic amines is 1. The lowest BCUT2D eigenvalue weighted by Gasteiger charge is -2.16. The Morgan fingerprint density at radius 3 is 2.88 bits per heavy atom. The van der Waals surface area contributed by atoms with Crippen molar-refractivity contribution in [3.05, 3.63) is 16.7 Å². The van der Waals surface area contributed by atoms with Crippen molar-refractivity contribution in [1.82, 2.24) is 14.5 Å². The van der Waals surface area contributed by atoms with Gasteiger partial charge in [-0.05, 0) is 43.6 Å². The average Bonchev–Trinajstić information content (AvgIpc) is 2.87. The monoisotopic (exact) mass is 253 g/mol. The molecule has 4 heteroatoms. The minimum Gasteiger partial charge on any atom is -0.337 e. The summed E-state index contributed by atoms with van der Waals surface area (Å²) in [5, 5.41) is 0. The molecule has 1 saturated heterocycles. The molecule has 1 aliphatic heterocycles. The molecule has 0 radical (unpaired) electrons. The number of hydrogen-bond donors (Lipinski definition) is 1. The van der Waals surface area contributed by atoms with Crippen molar-refractivity contribution in [2.45, 2.75) is 39.7 Å². The van der Waals surface area contributed by atoms with Crippen molar-refractivity contribution < 1.29 is 0 Å². The van der Waals surface area contributed by atoms with E-state index in [9.17, 15) is 0 Å². The van der Waals surface area contributed by atoms with Gasteiger partial charge in [0.05, 0.1) is 0 Å². The van der Waals surface area contributed by atoms with Crippen LogP contribution < -0.4 is 0 Å². The highest BCUT2D eigenvalue weighted by molar-refractivity contribution is 7.71. The first-order valence-electron chi connectivity index (χ1n) is 6.62. The van der Waals surface area contributed by atoms with Crippen molar-refractivity contribution in [3.63, 3.8) is 0 Å². The van der Waals surface area contributed by atoms with Crippen molar-refractivity contribution in [3.8, 4) is 0 Å². The van der Waals surface area contributed by atoms with E-state index in [0.29, 0.717) is 5.92 Å². The second-order valence-corrected chi connectivity index (χ2v) is 5.72. The molecule has 1 aromatic heterocycles. The van der Waals surface area contributed by atoms with E-state index in [2.05, 4.69) is 41.4 Å². The minimum atomic E-state index is 0.534. The molecule has 2 heterocycles. The van der Waals surface area contributed by atoms with Crippen molar-refractivity contribution in [1.29, 1.82) is 0 Å². The summed E-state index contributed by atoms with van der Waals surface area (Å²) >= 11 is 5.38. The summed E-state index contributed by atoms with van der Waals surface area (Å²) in [6.07, 6.45) is 3.37. The first-order chi connectivity index (χ1) is 8.11. The smallest absolute Gasteiger partial charge is 0.177 e. The van der Waals surface area contributed by atoms with Gasteiger partial charge in [0.15, 0.2) is 4.77 Å². The first kappa shape index (κ1) is 12.8. The van der Waals surface area contributed by atoms with E-state index >= 15 is 0 Å². The number of nitrogens with zero attached hydrogens (tertiary/aromatic N) is 2. The molecule has 3 nitrogen and oxygen atoms in total. The van der Waals surface area contributed by atoms with Gasteiger partial charge >= 0.3 is 0 Å². The Labute approximate surface area is 109 Å². The lowest BCUT2D eigenvalue weighted by Crippen LogP contribution is -2.21. The molecule has 1 aromatic rings. The van der Waals surface area contributed by atoms with Gasteiger partial charge in [0, 0.05) is 25.0 Å². The van der Waals surface area contributed by atoms with E-state index < -0.39 is 0 Å². The van der Waals surface area contributed by atoms with Crippen molar-refractivity contribution in [2.75, 3.05) is 19.6 Å². The molecular weight excluding hydrogens is 230 g/mol. The van der Waals surface area contributed by atoms with Crippen LogP contribution in [0.1, 0.15) is 38.8 Å². The minimum absolute atomic E-state index is 0.534. The van der Waals surface area contributed by atoms with E-state index in [1.54, 1.807) is 0 Å². The number of rotatable bonds is 4.